The van der Waals surface area contributed by atoms with Crippen LogP contribution >= 0.6 is 0 Å². The van der Waals surface area contributed by atoms with Crippen molar-refractivity contribution in [1.82, 2.24) is 20.4 Å². The summed E-state index contributed by atoms with van der Waals surface area (Å²) in [5, 5.41) is 5.77. The Kier molecular flexibility index (Phi) is 3.67. The molecule has 0 radical (unpaired) electrons. The van der Waals surface area contributed by atoms with E-state index in [2.05, 4.69) is 20.4 Å². The highest BCUT2D eigenvalue weighted by Gasteiger charge is 2.45. The van der Waals surface area contributed by atoms with Gasteiger partial charge in [-0.25, -0.2) is 4.79 Å². The monoisotopic (exact) mass is 266 g/mol. The fraction of sp³-hybridized carbons (Fsp3) is 0.929. The Morgan fingerprint density at radius 1 is 1.16 bits per heavy atom. The van der Waals surface area contributed by atoms with Crippen molar-refractivity contribution in [3.8, 4) is 0 Å². The van der Waals surface area contributed by atoms with Gasteiger partial charge in [0.25, 0.3) is 0 Å². The first-order valence-electron chi connectivity index (χ1n) is 7.64. The summed E-state index contributed by atoms with van der Waals surface area (Å²) in [5.41, 5.74) is 0.0682. The number of nitrogens with zero attached hydrogens (tertiary/aromatic N) is 2. The molecule has 3 aliphatic rings. The van der Waals surface area contributed by atoms with E-state index in [9.17, 15) is 4.79 Å². The SMILES string of the molecule is CNC(=O)NC1(CN2CCN(CC3CC3)CC2)CC1. The Bertz CT molecular complexity index is 330. The van der Waals surface area contributed by atoms with Gasteiger partial charge in [-0.1, -0.05) is 0 Å². The van der Waals surface area contributed by atoms with Gasteiger partial charge in [0.2, 0.25) is 0 Å². The average molecular weight is 266 g/mol. The minimum Gasteiger partial charge on any atom is -0.341 e. The van der Waals surface area contributed by atoms with E-state index < -0.39 is 0 Å². The largest absolute Gasteiger partial charge is 0.341 e. The highest BCUT2D eigenvalue weighted by Crippen LogP contribution is 2.36. The molecule has 0 spiro atoms. The lowest BCUT2D eigenvalue weighted by molar-refractivity contribution is 0.117. The number of piperazine rings is 1. The van der Waals surface area contributed by atoms with Gasteiger partial charge in [0, 0.05) is 46.3 Å². The van der Waals surface area contributed by atoms with Gasteiger partial charge >= 0.3 is 6.03 Å². The fourth-order valence-corrected chi connectivity index (χ4v) is 3.00. The van der Waals surface area contributed by atoms with Gasteiger partial charge in [-0.3, -0.25) is 4.90 Å². The van der Waals surface area contributed by atoms with E-state index in [1.165, 1.54) is 32.5 Å². The summed E-state index contributed by atoms with van der Waals surface area (Å²) in [6.07, 6.45) is 5.14. The Labute approximate surface area is 115 Å². The van der Waals surface area contributed by atoms with Crippen LogP contribution in [0, 0.1) is 5.92 Å². The Hall–Kier alpha value is -0.810. The maximum Gasteiger partial charge on any atom is 0.315 e. The molecular formula is C14H26N4O. The van der Waals surface area contributed by atoms with Crippen LogP contribution in [0.15, 0.2) is 0 Å². The predicted molar refractivity (Wildman–Crippen MR) is 75.2 cm³/mol. The molecule has 0 aromatic carbocycles. The maximum atomic E-state index is 11.4. The molecular weight excluding hydrogens is 240 g/mol. The van der Waals surface area contributed by atoms with Gasteiger partial charge in [0.1, 0.15) is 0 Å². The molecule has 5 heteroatoms. The molecule has 2 N–H and O–H groups in total. The van der Waals surface area contributed by atoms with Crippen LogP contribution in [0.5, 0.6) is 0 Å². The van der Waals surface area contributed by atoms with Crippen LogP contribution in [0.2, 0.25) is 0 Å². The van der Waals surface area contributed by atoms with Crippen molar-refractivity contribution in [1.29, 1.82) is 0 Å². The Morgan fingerprint density at radius 2 is 1.79 bits per heavy atom. The smallest absolute Gasteiger partial charge is 0.315 e. The first-order chi connectivity index (χ1) is 9.19. The highest BCUT2D eigenvalue weighted by atomic mass is 16.2. The molecule has 2 saturated carbocycles. The van der Waals surface area contributed by atoms with E-state index in [0.717, 1.165) is 38.4 Å². The van der Waals surface area contributed by atoms with Gasteiger partial charge in [-0.05, 0) is 31.6 Å². The second-order valence-corrected chi connectivity index (χ2v) is 6.50. The third-order valence-corrected chi connectivity index (χ3v) is 4.66. The minimum atomic E-state index is -0.0372. The van der Waals surface area contributed by atoms with Gasteiger partial charge < -0.3 is 15.5 Å². The number of carbonyl (C=O) groups excluding carboxylic acids is 1. The molecule has 3 fully saturated rings. The third-order valence-electron chi connectivity index (χ3n) is 4.66. The maximum absolute atomic E-state index is 11.4. The van der Waals surface area contributed by atoms with Gasteiger partial charge in [-0.2, -0.15) is 0 Å². The normalized spacial score (nSPS) is 27.0. The molecule has 0 aromatic heterocycles. The van der Waals surface area contributed by atoms with Crippen LogP contribution in [0.3, 0.4) is 0 Å². The topological polar surface area (TPSA) is 47.6 Å². The quantitative estimate of drug-likeness (QED) is 0.761. The molecule has 0 unspecified atom stereocenters. The number of hydrogen-bond donors (Lipinski definition) is 2. The zero-order valence-corrected chi connectivity index (χ0v) is 12.0. The second kappa shape index (κ2) is 5.29. The lowest BCUT2D eigenvalue weighted by atomic mass is 10.2. The molecule has 1 aliphatic heterocycles. The molecule has 1 heterocycles. The van der Waals surface area contributed by atoms with E-state index in [0.29, 0.717) is 0 Å². The molecule has 1 saturated heterocycles. The fourth-order valence-electron chi connectivity index (χ4n) is 3.00. The van der Waals surface area contributed by atoms with Crippen LogP contribution in [0.4, 0.5) is 4.79 Å². The summed E-state index contributed by atoms with van der Waals surface area (Å²) in [6, 6.07) is -0.0372. The van der Waals surface area contributed by atoms with Crippen molar-refractivity contribution in [2.24, 2.45) is 5.92 Å². The van der Waals surface area contributed by atoms with Crippen LogP contribution in [-0.2, 0) is 0 Å². The van der Waals surface area contributed by atoms with E-state index in [1.54, 1.807) is 7.05 Å². The molecule has 2 amide bonds. The second-order valence-electron chi connectivity index (χ2n) is 6.50. The number of nitrogens with one attached hydrogen (secondary N) is 2. The number of amides is 2. The minimum absolute atomic E-state index is 0.0372. The number of carbonyl (C=O) groups is 1. The van der Waals surface area contributed by atoms with E-state index >= 15 is 0 Å². The van der Waals surface area contributed by atoms with Gasteiger partial charge in [0.15, 0.2) is 0 Å². The lowest BCUT2D eigenvalue weighted by Gasteiger charge is -2.36. The third kappa shape index (κ3) is 3.60. The molecule has 19 heavy (non-hydrogen) atoms. The summed E-state index contributed by atoms with van der Waals surface area (Å²) in [4.78, 5) is 16.6. The summed E-state index contributed by atoms with van der Waals surface area (Å²) >= 11 is 0. The zero-order chi connectivity index (χ0) is 13.3. The van der Waals surface area contributed by atoms with Crippen molar-refractivity contribution in [2.75, 3.05) is 46.3 Å². The van der Waals surface area contributed by atoms with Gasteiger partial charge in [-0.15, -0.1) is 0 Å². The molecule has 2 aliphatic carbocycles. The van der Waals surface area contributed by atoms with Crippen molar-refractivity contribution < 1.29 is 4.79 Å². The van der Waals surface area contributed by atoms with Crippen molar-refractivity contribution >= 4 is 6.03 Å². The summed E-state index contributed by atoms with van der Waals surface area (Å²) in [5.74, 6) is 0.997. The standard InChI is InChI=1S/C14H26N4O/c1-15-13(19)16-14(4-5-14)11-18-8-6-17(7-9-18)10-12-2-3-12/h12H,2-11H2,1H3,(H2,15,16,19). The van der Waals surface area contributed by atoms with Crippen LogP contribution in [0.1, 0.15) is 25.7 Å². The number of hydrogen-bond acceptors (Lipinski definition) is 3. The molecule has 3 rings (SSSR count). The number of urea groups is 1. The molecule has 0 aromatic rings. The molecule has 0 bridgehead atoms. The first-order valence-corrected chi connectivity index (χ1v) is 7.64. The van der Waals surface area contributed by atoms with E-state index in [4.69, 9.17) is 0 Å². The average Bonchev–Trinajstić information content (AvgIpc) is 3.31. The van der Waals surface area contributed by atoms with Crippen LogP contribution in [-0.4, -0.2) is 67.7 Å². The first kappa shape index (κ1) is 13.2. The molecule has 108 valence electrons. The van der Waals surface area contributed by atoms with Crippen molar-refractivity contribution in [3.63, 3.8) is 0 Å². The van der Waals surface area contributed by atoms with Crippen molar-refractivity contribution in [2.45, 2.75) is 31.2 Å². The Morgan fingerprint density at radius 3 is 2.32 bits per heavy atom. The molecule has 5 nitrogen and oxygen atoms in total. The highest BCUT2D eigenvalue weighted by molar-refractivity contribution is 5.75. The van der Waals surface area contributed by atoms with Gasteiger partial charge in [0.05, 0.1) is 5.54 Å². The van der Waals surface area contributed by atoms with E-state index in [1.807, 2.05) is 0 Å². The van der Waals surface area contributed by atoms with Crippen LogP contribution < -0.4 is 10.6 Å². The zero-order valence-electron chi connectivity index (χ0n) is 12.0. The van der Waals surface area contributed by atoms with Crippen molar-refractivity contribution in [3.05, 3.63) is 0 Å². The molecule has 0 atom stereocenters. The summed E-state index contributed by atoms with van der Waals surface area (Å²) in [7, 11) is 1.68. The lowest BCUT2D eigenvalue weighted by Crippen LogP contribution is -2.53. The Balaban J connectivity index is 1.40. The van der Waals surface area contributed by atoms with E-state index in [-0.39, 0.29) is 11.6 Å². The van der Waals surface area contributed by atoms with Crippen LogP contribution in [0.25, 0.3) is 0 Å². The number of rotatable bonds is 5. The summed E-state index contributed by atoms with van der Waals surface area (Å²) in [6.45, 7) is 7.06. The predicted octanol–water partition coefficient (Wildman–Crippen LogP) is 0.476. The summed E-state index contributed by atoms with van der Waals surface area (Å²) < 4.78 is 0.